The SMILES string of the molecule is NCCCSc1nnc(-c2ccccc2Cl)o1. The standard InChI is InChI=1S/C11H12ClN3OS/c12-9-5-2-1-4-8(9)10-14-15-11(16-10)17-7-3-6-13/h1-2,4-5H,3,6-7,13H2. The van der Waals surface area contributed by atoms with E-state index in [0.717, 1.165) is 17.7 Å². The molecule has 2 N–H and O–H groups in total. The van der Waals surface area contributed by atoms with Gasteiger partial charge in [-0.2, -0.15) is 0 Å². The van der Waals surface area contributed by atoms with Crippen molar-refractivity contribution in [1.29, 1.82) is 0 Å². The molecule has 1 aromatic heterocycles. The second kappa shape index (κ2) is 6.05. The average Bonchev–Trinajstić information content (AvgIpc) is 2.79. The van der Waals surface area contributed by atoms with E-state index in [9.17, 15) is 0 Å². The van der Waals surface area contributed by atoms with Crippen LogP contribution < -0.4 is 5.73 Å². The third kappa shape index (κ3) is 3.21. The lowest BCUT2D eigenvalue weighted by Crippen LogP contribution is -1.99. The van der Waals surface area contributed by atoms with Crippen molar-refractivity contribution in [3.8, 4) is 11.5 Å². The Morgan fingerprint density at radius 3 is 2.88 bits per heavy atom. The number of halogens is 1. The summed E-state index contributed by atoms with van der Waals surface area (Å²) in [6, 6.07) is 7.39. The highest BCUT2D eigenvalue weighted by Gasteiger charge is 2.11. The zero-order valence-electron chi connectivity index (χ0n) is 9.10. The van der Waals surface area contributed by atoms with Crippen LogP contribution in [0.25, 0.3) is 11.5 Å². The summed E-state index contributed by atoms with van der Waals surface area (Å²) < 4.78 is 5.51. The predicted molar refractivity (Wildman–Crippen MR) is 69.1 cm³/mol. The maximum Gasteiger partial charge on any atom is 0.276 e. The highest BCUT2D eigenvalue weighted by molar-refractivity contribution is 7.99. The Morgan fingerprint density at radius 1 is 1.29 bits per heavy atom. The van der Waals surface area contributed by atoms with Gasteiger partial charge in [-0.05, 0) is 25.1 Å². The van der Waals surface area contributed by atoms with Crippen LogP contribution in [0.4, 0.5) is 0 Å². The fraction of sp³-hybridized carbons (Fsp3) is 0.273. The smallest absolute Gasteiger partial charge is 0.276 e. The van der Waals surface area contributed by atoms with Gasteiger partial charge in [0.05, 0.1) is 10.6 Å². The average molecular weight is 270 g/mol. The second-order valence-electron chi connectivity index (χ2n) is 3.34. The molecule has 90 valence electrons. The summed E-state index contributed by atoms with van der Waals surface area (Å²) in [6.45, 7) is 0.665. The molecule has 17 heavy (non-hydrogen) atoms. The molecule has 1 heterocycles. The van der Waals surface area contributed by atoms with Crippen LogP contribution in [-0.2, 0) is 0 Å². The molecule has 0 aliphatic rings. The lowest BCUT2D eigenvalue weighted by molar-refractivity contribution is 0.466. The first-order valence-corrected chi connectivity index (χ1v) is 6.59. The van der Waals surface area contributed by atoms with Gasteiger partial charge < -0.3 is 10.2 Å². The minimum absolute atomic E-state index is 0.450. The van der Waals surface area contributed by atoms with E-state index in [2.05, 4.69) is 10.2 Å². The largest absolute Gasteiger partial charge is 0.411 e. The molecule has 2 rings (SSSR count). The van der Waals surface area contributed by atoms with Crippen molar-refractivity contribution in [2.24, 2.45) is 5.73 Å². The van der Waals surface area contributed by atoms with Crippen LogP contribution in [0.3, 0.4) is 0 Å². The first kappa shape index (κ1) is 12.4. The molecule has 0 amide bonds. The number of aromatic nitrogens is 2. The minimum Gasteiger partial charge on any atom is -0.411 e. The Balaban J connectivity index is 2.10. The fourth-order valence-electron chi connectivity index (χ4n) is 1.25. The number of nitrogens with two attached hydrogens (primary N) is 1. The van der Waals surface area contributed by atoms with E-state index in [1.54, 1.807) is 6.07 Å². The first-order chi connectivity index (χ1) is 8.31. The number of nitrogens with zero attached hydrogens (tertiary/aromatic N) is 2. The Morgan fingerprint density at radius 2 is 2.12 bits per heavy atom. The summed E-state index contributed by atoms with van der Waals surface area (Å²) in [6.07, 6.45) is 0.925. The van der Waals surface area contributed by atoms with E-state index >= 15 is 0 Å². The molecule has 0 bridgehead atoms. The third-order valence-corrected chi connectivity index (χ3v) is 3.32. The summed E-state index contributed by atoms with van der Waals surface area (Å²) in [5.41, 5.74) is 6.17. The molecule has 0 saturated heterocycles. The van der Waals surface area contributed by atoms with Crippen LogP contribution in [-0.4, -0.2) is 22.5 Å². The maximum absolute atomic E-state index is 6.04. The molecule has 4 nitrogen and oxygen atoms in total. The number of benzene rings is 1. The normalized spacial score (nSPS) is 10.7. The number of hydrogen-bond donors (Lipinski definition) is 1. The van der Waals surface area contributed by atoms with Gasteiger partial charge in [0.15, 0.2) is 0 Å². The minimum atomic E-state index is 0.450. The van der Waals surface area contributed by atoms with Crippen molar-refractivity contribution in [3.05, 3.63) is 29.3 Å². The van der Waals surface area contributed by atoms with E-state index in [1.807, 2.05) is 18.2 Å². The summed E-state index contributed by atoms with van der Waals surface area (Å²) in [4.78, 5) is 0. The molecule has 0 fully saturated rings. The first-order valence-electron chi connectivity index (χ1n) is 5.22. The molecule has 0 atom stereocenters. The van der Waals surface area contributed by atoms with Gasteiger partial charge in [0.2, 0.25) is 5.89 Å². The molecule has 0 radical (unpaired) electrons. The quantitative estimate of drug-likeness (QED) is 0.668. The van der Waals surface area contributed by atoms with Crippen molar-refractivity contribution in [1.82, 2.24) is 10.2 Å². The summed E-state index contributed by atoms with van der Waals surface area (Å²) in [5, 5.41) is 9.08. The monoisotopic (exact) mass is 269 g/mol. The van der Waals surface area contributed by atoms with Gasteiger partial charge in [-0.15, -0.1) is 10.2 Å². The Kier molecular flexibility index (Phi) is 4.42. The van der Waals surface area contributed by atoms with E-state index in [1.165, 1.54) is 11.8 Å². The van der Waals surface area contributed by atoms with Crippen molar-refractivity contribution >= 4 is 23.4 Å². The van der Waals surface area contributed by atoms with Gasteiger partial charge in [0.1, 0.15) is 0 Å². The summed E-state index contributed by atoms with van der Waals surface area (Å²) >= 11 is 7.55. The molecule has 0 unspecified atom stereocenters. The van der Waals surface area contributed by atoms with Gasteiger partial charge in [0, 0.05) is 5.75 Å². The van der Waals surface area contributed by atoms with Crippen molar-refractivity contribution in [3.63, 3.8) is 0 Å². The molecule has 0 aliphatic heterocycles. The van der Waals surface area contributed by atoms with E-state index in [4.69, 9.17) is 21.8 Å². The summed E-state index contributed by atoms with van der Waals surface area (Å²) in [5.74, 6) is 1.33. The van der Waals surface area contributed by atoms with Crippen LogP contribution in [0.1, 0.15) is 6.42 Å². The van der Waals surface area contributed by atoms with Crippen LogP contribution >= 0.6 is 23.4 Å². The number of hydrogen-bond acceptors (Lipinski definition) is 5. The van der Waals surface area contributed by atoms with Crippen molar-refractivity contribution in [2.75, 3.05) is 12.3 Å². The van der Waals surface area contributed by atoms with Crippen molar-refractivity contribution < 1.29 is 4.42 Å². The fourth-order valence-corrected chi connectivity index (χ4v) is 2.19. The maximum atomic E-state index is 6.04. The highest BCUT2D eigenvalue weighted by Crippen LogP contribution is 2.28. The molecule has 1 aromatic carbocycles. The Labute approximate surface area is 109 Å². The van der Waals surface area contributed by atoms with E-state index in [-0.39, 0.29) is 0 Å². The Bertz CT molecular complexity index is 489. The molecular weight excluding hydrogens is 258 g/mol. The van der Waals surface area contributed by atoms with Crippen LogP contribution in [0.2, 0.25) is 5.02 Å². The molecule has 6 heteroatoms. The molecule has 0 aliphatic carbocycles. The van der Waals surface area contributed by atoms with Gasteiger partial charge in [-0.1, -0.05) is 35.5 Å². The van der Waals surface area contributed by atoms with Crippen molar-refractivity contribution in [2.45, 2.75) is 11.6 Å². The van der Waals surface area contributed by atoms with Crippen LogP contribution in [0, 0.1) is 0 Å². The second-order valence-corrected chi connectivity index (χ2v) is 4.80. The van der Waals surface area contributed by atoms with Gasteiger partial charge in [-0.3, -0.25) is 0 Å². The third-order valence-electron chi connectivity index (χ3n) is 2.08. The number of rotatable bonds is 5. The highest BCUT2D eigenvalue weighted by atomic mass is 35.5. The van der Waals surface area contributed by atoms with E-state index in [0.29, 0.717) is 22.7 Å². The van der Waals surface area contributed by atoms with Crippen LogP contribution in [0.15, 0.2) is 33.9 Å². The predicted octanol–water partition coefficient (Wildman–Crippen LogP) is 2.83. The molecule has 2 aromatic rings. The van der Waals surface area contributed by atoms with E-state index < -0.39 is 0 Å². The summed E-state index contributed by atoms with van der Waals surface area (Å²) in [7, 11) is 0. The molecule has 0 spiro atoms. The van der Waals surface area contributed by atoms with Crippen LogP contribution in [0.5, 0.6) is 0 Å². The van der Waals surface area contributed by atoms with Gasteiger partial charge >= 0.3 is 0 Å². The zero-order chi connectivity index (χ0) is 12.1. The molecular formula is C11H12ClN3OS. The van der Waals surface area contributed by atoms with Gasteiger partial charge in [0.25, 0.3) is 5.22 Å². The Hall–Kier alpha value is -1.04. The lowest BCUT2D eigenvalue weighted by Gasteiger charge is -1.96. The lowest BCUT2D eigenvalue weighted by atomic mass is 10.2. The topological polar surface area (TPSA) is 64.9 Å². The number of thioether (sulfide) groups is 1. The van der Waals surface area contributed by atoms with Gasteiger partial charge in [-0.25, -0.2) is 0 Å². The molecule has 0 saturated carbocycles. The zero-order valence-corrected chi connectivity index (χ0v) is 10.7.